The average Bonchev–Trinajstić information content (AvgIpc) is 2.22. The summed E-state index contributed by atoms with van der Waals surface area (Å²) in [6.45, 7) is 11.8. The predicted octanol–water partition coefficient (Wildman–Crippen LogP) is 2.35. The van der Waals surface area contributed by atoms with E-state index >= 15 is 0 Å². The van der Waals surface area contributed by atoms with Gasteiger partial charge in [-0.25, -0.2) is 0 Å². The molecule has 1 unspecified atom stereocenters. The fraction of sp³-hybridized carbons (Fsp3) is 1.00. The fourth-order valence-electron chi connectivity index (χ4n) is 1.59. The molecule has 0 heterocycles. The van der Waals surface area contributed by atoms with Crippen molar-refractivity contribution in [2.75, 3.05) is 33.2 Å². The van der Waals surface area contributed by atoms with Crippen molar-refractivity contribution < 1.29 is 0 Å². The van der Waals surface area contributed by atoms with Gasteiger partial charge in [0.2, 0.25) is 0 Å². The first-order valence-corrected chi connectivity index (χ1v) is 6.11. The van der Waals surface area contributed by atoms with E-state index < -0.39 is 0 Å². The van der Waals surface area contributed by atoms with Crippen LogP contribution in [0.3, 0.4) is 0 Å². The molecule has 2 heteroatoms. The third-order valence-corrected chi connectivity index (χ3v) is 2.87. The molecular weight excluding hydrogens is 172 g/mol. The summed E-state index contributed by atoms with van der Waals surface area (Å²) in [5.74, 6) is 0.847. The van der Waals surface area contributed by atoms with Gasteiger partial charge >= 0.3 is 0 Å². The van der Waals surface area contributed by atoms with Crippen molar-refractivity contribution in [3.63, 3.8) is 0 Å². The summed E-state index contributed by atoms with van der Waals surface area (Å²) in [6.07, 6.45) is 3.92. The number of hydrogen-bond acceptors (Lipinski definition) is 2. The van der Waals surface area contributed by atoms with Gasteiger partial charge in [0.15, 0.2) is 0 Å². The largest absolute Gasteiger partial charge is 0.320 e. The third kappa shape index (κ3) is 7.34. The maximum atomic E-state index is 3.19. The molecule has 0 aromatic heterocycles. The Morgan fingerprint density at radius 2 is 1.93 bits per heavy atom. The van der Waals surface area contributed by atoms with E-state index in [0.717, 1.165) is 12.5 Å². The Labute approximate surface area is 90.1 Å². The molecule has 14 heavy (non-hydrogen) atoms. The van der Waals surface area contributed by atoms with Gasteiger partial charge in [-0.2, -0.15) is 0 Å². The van der Waals surface area contributed by atoms with E-state index in [4.69, 9.17) is 0 Å². The van der Waals surface area contributed by atoms with Gasteiger partial charge in [-0.1, -0.05) is 27.2 Å². The van der Waals surface area contributed by atoms with Crippen molar-refractivity contribution >= 4 is 0 Å². The highest BCUT2D eigenvalue weighted by Crippen LogP contribution is 2.05. The first-order chi connectivity index (χ1) is 6.74. The molecule has 0 amide bonds. The summed E-state index contributed by atoms with van der Waals surface area (Å²) < 4.78 is 0. The highest BCUT2D eigenvalue weighted by atomic mass is 15.1. The number of rotatable bonds is 9. The third-order valence-electron chi connectivity index (χ3n) is 2.87. The fourth-order valence-corrected chi connectivity index (χ4v) is 1.59. The lowest BCUT2D eigenvalue weighted by Gasteiger charge is -2.23. The Kier molecular flexibility index (Phi) is 9.42. The van der Waals surface area contributed by atoms with E-state index in [1.807, 2.05) is 7.05 Å². The molecule has 0 radical (unpaired) electrons. The van der Waals surface area contributed by atoms with Gasteiger partial charge in [0.25, 0.3) is 0 Å². The van der Waals surface area contributed by atoms with Crippen LogP contribution in [0, 0.1) is 5.92 Å². The average molecular weight is 200 g/mol. The highest BCUT2D eigenvalue weighted by molar-refractivity contribution is 4.60. The van der Waals surface area contributed by atoms with Crippen LogP contribution in [0.2, 0.25) is 0 Å². The first-order valence-electron chi connectivity index (χ1n) is 6.11. The summed E-state index contributed by atoms with van der Waals surface area (Å²) >= 11 is 0. The van der Waals surface area contributed by atoms with E-state index in [0.29, 0.717) is 0 Å². The molecule has 0 bridgehead atoms. The standard InChI is InChI=1S/C12H28N2/c1-5-12(3)11-14(6-2)10-8-7-9-13-4/h12-13H,5-11H2,1-4H3. The molecule has 86 valence electrons. The van der Waals surface area contributed by atoms with Crippen LogP contribution in [0.15, 0.2) is 0 Å². The van der Waals surface area contributed by atoms with Crippen LogP contribution >= 0.6 is 0 Å². The van der Waals surface area contributed by atoms with Crippen molar-refractivity contribution in [2.45, 2.75) is 40.0 Å². The van der Waals surface area contributed by atoms with E-state index in [1.165, 1.54) is 38.9 Å². The molecule has 0 saturated carbocycles. The van der Waals surface area contributed by atoms with Crippen molar-refractivity contribution in [2.24, 2.45) is 5.92 Å². The predicted molar refractivity (Wildman–Crippen MR) is 64.7 cm³/mol. The Morgan fingerprint density at radius 3 is 2.43 bits per heavy atom. The Morgan fingerprint density at radius 1 is 1.21 bits per heavy atom. The van der Waals surface area contributed by atoms with E-state index in [2.05, 4.69) is 31.0 Å². The Hall–Kier alpha value is -0.0800. The molecule has 0 aliphatic carbocycles. The summed E-state index contributed by atoms with van der Waals surface area (Å²) in [4.78, 5) is 2.57. The van der Waals surface area contributed by atoms with Crippen LogP contribution in [-0.2, 0) is 0 Å². The van der Waals surface area contributed by atoms with Crippen LogP contribution in [0.25, 0.3) is 0 Å². The minimum atomic E-state index is 0.847. The van der Waals surface area contributed by atoms with Gasteiger partial charge in [0.1, 0.15) is 0 Å². The van der Waals surface area contributed by atoms with Crippen LogP contribution in [0.5, 0.6) is 0 Å². The van der Waals surface area contributed by atoms with Crippen molar-refractivity contribution in [3.8, 4) is 0 Å². The molecule has 2 nitrogen and oxygen atoms in total. The molecule has 0 saturated heterocycles. The van der Waals surface area contributed by atoms with Crippen molar-refractivity contribution in [1.82, 2.24) is 10.2 Å². The van der Waals surface area contributed by atoms with Gasteiger partial charge in [-0.05, 0) is 45.4 Å². The smallest absolute Gasteiger partial charge is 0.000680 e. The quantitative estimate of drug-likeness (QED) is 0.575. The summed E-state index contributed by atoms with van der Waals surface area (Å²) in [5, 5.41) is 3.19. The zero-order valence-electron chi connectivity index (χ0n) is 10.5. The second-order valence-electron chi connectivity index (χ2n) is 4.22. The van der Waals surface area contributed by atoms with Crippen LogP contribution in [0.4, 0.5) is 0 Å². The van der Waals surface area contributed by atoms with Crippen LogP contribution in [0.1, 0.15) is 40.0 Å². The minimum absolute atomic E-state index is 0.847. The lowest BCUT2D eigenvalue weighted by atomic mass is 10.1. The molecule has 0 fully saturated rings. The summed E-state index contributed by atoms with van der Waals surface area (Å²) in [6, 6.07) is 0. The Bertz CT molecular complexity index is 115. The molecule has 1 N–H and O–H groups in total. The van der Waals surface area contributed by atoms with Gasteiger partial charge in [0, 0.05) is 6.54 Å². The van der Waals surface area contributed by atoms with Crippen molar-refractivity contribution in [1.29, 1.82) is 0 Å². The van der Waals surface area contributed by atoms with Gasteiger partial charge < -0.3 is 10.2 Å². The SMILES string of the molecule is CCC(C)CN(CC)CCCCNC. The van der Waals surface area contributed by atoms with Crippen molar-refractivity contribution in [3.05, 3.63) is 0 Å². The monoisotopic (exact) mass is 200 g/mol. The van der Waals surface area contributed by atoms with Gasteiger partial charge in [-0.3, -0.25) is 0 Å². The molecule has 0 aliphatic heterocycles. The molecule has 0 rings (SSSR count). The molecular formula is C12H28N2. The maximum absolute atomic E-state index is 3.19. The maximum Gasteiger partial charge on any atom is 0.000680 e. The second-order valence-corrected chi connectivity index (χ2v) is 4.22. The molecule has 0 aromatic rings. The van der Waals surface area contributed by atoms with E-state index in [-0.39, 0.29) is 0 Å². The second kappa shape index (κ2) is 9.47. The van der Waals surface area contributed by atoms with E-state index in [1.54, 1.807) is 0 Å². The number of unbranched alkanes of at least 4 members (excludes halogenated alkanes) is 1. The van der Waals surface area contributed by atoms with Gasteiger partial charge in [0.05, 0.1) is 0 Å². The van der Waals surface area contributed by atoms with Gasteiger partial charge in [-0.15, -0.1) is 0 Å². The number of nitrogens with one attached hydrogen (secondary N) is 1. The minimum Gasteiger partial charge on any atom is -0.320 e. The van der Waals surface area contributed by atoms with Crippen LogP contribution < -0.4 is 5.32 Å². The van der Waals surface area contributed by atoms with Crippen LogP contribution in [-0.4, -0.2) is 38.1 Å². The number of hydrogen-bond donors (Lipinski definition) is 1. The highest BCUT2D eigenvalue weighted by Gasteiger charge is 2.06. The molecule has 0 aliphatic rings. The summed E-state index contributed by atoms with van der Waals surface area (Å²) in [7, 11) is 2.02. The normalized spacial score (nSPS) is 13.5. The molecule has 1 atom stereocenters. The molecule has 0 aromatic carbocycles. The zero-order chi connectivity index (χ0) is 10.8. The molecule has 0 spiro atoms. The Balaban J connectivity index is 3.47. The topological polar surface area (TPSA) is 15.3 Å². The zero-order valence-corrected chi connectivity index (χ0v) is 10.5. The van der Waals surface area contributed by atoms with E-state index in [9.17, 15) is 0 Å². The summed E-state index contributed by atoms with van der Waals surface area (Å²) in [5.41, 5.74) is 0. The first kappa shape index (κ1) is 13.9. The lowest BCUT2D eigenvalue weighted by molar-refractivity contribution is 0.241. The lowest BCUT2D eigenvalue weighted by Crippen LogP contribution is -2.29. The number of nitrogens with zero attached hydrogens (tertiary/aromatic N) is 1.